The molecular weight excluding hydrogens is 273 g/mol. The van der Waals surface area contributed by atoms with Crippen molar-refractivity contribution in [1.82, 2.24) is 4.98 Å². The quantitative estimate of drug-likeness (QED) is 0.798. The summed E-state index contributed by atoms with van der Waals surface area (Å²) in [4.78, 5) is 18.0. The Hall–Kier alpha value is -2.16. The Labute approximate surface area is 123 Å². The van der Waals surface area contributed by atoms with Crippen LogP contribution >= 0.6 is 0 Å². The van der Waals surface area contributed by atoms with E-state index >= 15 is 0 Å². The predicted molar refractivity (Wildman–Crippen MR) is 75.8 cm³/mol. The molecular formula is C15H18FN3O2. The summed E-state index contributed by atoms with van der Waals surface area (Å²) in [6, 6.07) is 3.44. The predicted octanol–water partition coefficient (Wildman–Crippen LogP) is 2.59. The zero-order valence-electron chi connectivity index (χ0n) is 12.1. The number of alkyl halides is 1. The third-order valence-corrected chi connectivity index (χ3v) is 3.48. The minimum Gasteiger partial charge on any atom is -0.462 e. The molecule has 0 amide bonds. The van der Waals surface area contributed by atoms with Crippen LogP contribution in [0.3, 0.4) is 0 Å². The number of anilines is 1. The van der Waals surface area contributed by atoms with Gasteiger partial charge in [-0.25, -0.2) is 14.2 Å². The van der Waals surface area contributed by atoms with Crippen LogP contribution in [-0.2, 0) is 11.4 Å². The van der Waals surface area contributed by atoms with E-state index < -0.39 is 12.6 Å². The standard InChI is InChI=1S/C15H18FN3O2/c1-2-21-15(20)12-8-11(10-17)14(18-13(12)9-16)19-6-4-3-5-7-19/h8H,2-7,9H2,1H3. The molecule has 1 saturated heterocycles. The van der Waals surface area contributed by atoms with Crippen LogP contribution in [0.4, 0.5) is 10.2 Å². The lowest BCUT2D eigenvalue weighted by molar-refractivity contribution is 0.0523. The first-order valence-corrected chi connectivity index (χ1v) is 7.13. The van der Waals surface area contributed by atoms with Crippen molar-refractivity contribution in [2.45, 2.75) is 32.9 Å². The number of ether oxygens (including phenoxy) is 1. The van der Waals surface area contributed by atoms with Gasteiger partial charge in [-0.3, -0.25) is 0 Å². The number of nitrogens with zero attached hydrogens (tertiary/aromatic N) is 3. The molecule has 21 heavy (non-hydrogen) atoms. The molecule has 0 N–H and O–H groups in total. The van der Waals surface area contributed by atoms with Crippen LogP contribution in [0.2, 0.25) is 0 Å². The summed E-state index contributed by atoms with van der Waals surface area (Å²) in [5, 5.41) is 9.29. The van der Waals surface area contributed by atoms with Gasteiger partial charge in [0.15, 0.2) is 0 Å². The second-order valence-corrected chi connectivity index (χ2v) is 4.87. The van der Waals surface area contributed by atoms with Crippen LogP contribution < -0.4 is 4.90 Å². The van der Waals surface area contributed by atoms with Gasteiger partial charge in [0.1, 0.15) is 18.6 Å². The third kappa shape index (κ3) is 3.30. The number of piperidine rings is 1. The van der Waals surface area contributed by atoms with Gasteiger partial charge < -0.3 is 9.64 Å². The van der Waals surface area contributed by atoms with Gasteiger partial charge in [0, 0.05) is 13.1 Å². The van der Waals surface area contributed by atoms with Crippen LogP contribution in [0.25, 0.3) is 0 Å². The second kappa shape index (κ2) is 7.02. The molecule has 2 heterocycles. The van der Waals surface area contributed by atoms with E-state index in [1.165, 1.54) is 6.07 Å². The maximum Gasteiger partial charge on any atom is 0.340 e. The van der Waals surface area contributed by atoms with E-state index in [-0.39, 0.29) is 23.4 Å². The van der Waals surface area contributed by atoms with Crippen molar-refractivity contribution >= 4 is 11.8 Å². The number of hydrogen-bond donors (Lipinski definition) is 0. The van der Waals surface area contributed by atoms with Crippen molar-refractivity contribution in [2.24, 2.45) is 0 Å². The van der Waals surface area contributed by atoms with Gasteiger partial charge in [0.25, 0.3) is 0 Å². The fourth-order valence-corrected chi connectivity index (χ4v) is 2.46. The summed E-state index contributed by atoms with van der Waals surface area (Å²) in [6.07, 6.45) is 3.20. The van der Waals surface area contributed by atoms with E-state index in [9.17, 15) is 14.4 Å². The summed E-state index contributed by atoms with van der Waals surface area (Å²) in [6.45, 7) is 2.60. The summed E-state index contributed by atoms with van der Waals surface area (Å²) < 4.78 is 18.1. The Balaban J connectivity index is 2.43. The number of aromatic nitrogens is 1. The molecule has 0 bridgehead atoms. The van der Waals surface area contributed by atoms with E-state index in [2.05, 4.69) is 4.98 Å². The van der Waals surface area contributed by atoms with Crippen LogP contribution in [0.1, 0.15) is 47.8 Å². The average Bonchev–Trinajstić information content (AvgIpc) is 2.54. The Morgan fingerprint density at radius 3 is 2.76 bits per heavy atom. The Morgan fingerprint density at radius 1 is 1.48 bits per heavy atom. The highest BCUT2D eigenvalue weighted by molar-refractivity contribution is 5.91. The van der Waals surface area contributed by atoms with Gasteiger partial charge in [-0.1, -0.05) is 0 Å². The van der Waals surface area contributed by atoms with E-state index in [0.717, 1.165) is 32.4 Å². The van der Waals surface area contributed by atoms with E-state index in [4.69, 9.17) is 4.74 Å². The lowest BCUT2D eigenvalue weighted by Gasteiger charge is -2.28. The maximum atomic E-state index is 13.2. The van der Waals surface area contributed by atoms with Crippen molar-refractivity contribution in [1.29, 1.82) is 5.26 Å². The molecule has 1 aliphatic heterocycles. The molecule has 0 aromatic carbocycles. The fraction of sp³-hybridized carbons (Fsp3) is 0.533. The second-order valence-electron chi connectivity index (χ2n) is 4.87. The zero-order chi connectivity index (χ0) is 15.2. The first-order chi connectivity index (χ1) is 10.2. The minimum absolute atomic E-state index is 0.0352. The number of rotatable bonds is 4. The Bertz CT molecular complexity index is 563. The van der Waals surface area contributed by atoms with Crippen LogP contribution in [0.5, 0.6) is 0 Å². The Morgan fingerprint density at radius 2 is 2.19 bits per heavy atom. The third-order valence-electron chi connectivity index (χ3n) is 3.48. The first-order valence-electron chi connectivity index (χ1n) is 7.13. The average molecular weight is 291 g/mol. The molecule has 1 aromatic heterocycles. The molecule has 1 aliphatic rings. The molecule has 5 nitrogen and oxygen atoms in total. The Kier molecular flexibility index (Phi) is 5.09. The molecule has 0 unspecified atom stereocenters. The molecule has 0 aliphatic carbocycles. The van der Waals surface area contributed by atoms with Crippen LogP contribution in [-0.4, -0.2) is 30.6 Å². The van der Waals surface area contributed by atoms with Crippen molar-refractivity contribution in [2.75, 3.05) is 24.6 Å². The highest BCUT2D eigenvalue weighted by Crippen LogP contribution is 2.25. The van der Waals surface area contributed by atoms with Gasteiger partial charge >= 0.3 is 5.97 Å². The molecule has 1 aromatic rings. The van der Waals surface area contributed by atoms with E-state index in [1.807, 2.05) is 11.0 Å². The number of carbonyl (C=O) groups excluding carboxylic acids is 1. The topological polar surface area (TPSA) is 66.2 Å². The molecule has 112 valence electrons. The fourth-order valence-electron chi connectivity index (χ4n) is 2.46. The number of pyridine rings is 1. The van der Waals surface area contributed by atoms with Gasteiger partial charge in [0.2, 0.25) is 0 Å². The molecule has 2 rings (SSSR count). The lowest BCUT2D eigenvalue weighted by Crippen LogP contribution is -2.31. The lowest BCUT2D eigenvalue weighted by atomic mass is 10.1. The van der Waals surface area contributed by atoms with Crippen LogP contribution in [0, 0.1) is 11.3 Å². The molecule has 0 saturated carbocycles. The van der Waals surface area contributed by atoms with Crippen LogP contribution in [0.15, 0.2) is 6.07 Å². The van der Waals surface area contributed by atoms with E-state index in [1.54, 1.807) is 6.92 Å². The van der Waals surface area contributed by atoms with Crippen molar-refractivity contribution < 1.29 is 13.9 Å². The summed E-state index contributed by atoms with van der Waals surface area (Å²) in [7, 11) is 0. The molecule has 0 atom stereocenters. The number of carbonyl (C=O) groups is 1. The highest BCUT2D eigenvalue weighted by atomic mass is 19.1. The summed E-state index contributed by atoms with van der Waals surface area (Å²) in [5.41, 5.74) is 0.363. The number of halogens is 1. The first kappa shape index (κ1) is 15.2. The largest absolute Gasteiger partial charge is 0.462 e. The SMILES string of the molecule is CCOC(=O)c1cc(C#N)c(N2CCCCC2)nc1CF. The van der Waals surface area contributed by atoms with Crippen molar-refractivity contribution in [3.8, 4) is 6.07 Å². The van der Waals surface area contributed by atoms with Gasteiger partial charge in [-0.15, -0.1) is 0 Å². The smallest absolute Gasteiger partial charge is 0.340 e. The van der Waals surface area contributed by atoms with Gasteiger partial charge in [0.05, 0.1) is 23.4 Å². The monoisotopic (exact) mass is 291 g/mol. The van der Waals surface area contributed by atoms with Gasteiger partial charge in [-0.2, -0.15) is 5.26 Å². The highest BCUT2D eigenvalue weighted by Gasteiger charge is 2.22. The van der Waals surface area contributed by atoms with Crippen molar-refractivity contribution in [3.05, 3.63) is 22.9 Å². The number of hydrogen-bond acceptors (Lipinski definition) is 5. The molecule has 6 heteroatoms. The number of nitriles is 1. The maximum absolute atomic E-state index is 13.2. The zero-order valence-corrected chi connectivity index (χ0v) is 12.1. The molecule has 1 fully saturated rings. The summed E-state index contributed by atoms with van der Waals surface area (Å²) >= 11 is 0. The summed E-state index contributed by atoms with van der Waals surface area (Å²) in [5.74, 6) is -0.169. The normalized spacial score (nSPS) is 14.6. The van der Waals surface area contributed by atoms with Crippen molar-refractivity contribution in [3.63, 3.8) is 0 Å². The van der Waals surface area contributed by atoms with E-state index in [0.29, 0.717) is 5.82 Å². The molecule has 0 radical (unpaired) electrons. The molecule has 0 spiro atoms. The minimum atomic E-state index is -0.860. The van der Waals surface area contributed by atoms with Gasteiger partial charge in [-0.05, 0) is 32.3 Å². The number of esters is 1.